The van der Waals surface area contributed by atoms with E-state index in [2.05, 4.69) is 12.0 Å². The van der Waals surface area contributed by atoms with Crippen LogP contribution in [0.4, 0.5) is 0 Å². The third kappa shape index (κ3) is 1.59. The number of nitrogens with two attached hydrogens (primary N) is 1. The molecular formula is C9H15N3O. The first-order chi connectivity index (χ1) is 6.31. The Morgan fingerprint density at radius 3 is 3.15 bits per heavy atom. The van der Waals surface area contributed by atoms with Gasteiger partial charge in [-0.05, 0) is 19.4 Å². The van der Waals surface area contributed by atoms with Gasteiger partial charge < -0.3 is 10.5 Å². The van der Waals surface area contributed by atoms with E-state index in [-0.39, 0.29) is 12.1 Å². The van der Waals surface area contributed by atoms with Crippen molar-refractivity contribution in [3.05, 3.63) is 18.0 Å². The van der Waals surface area contributed by atoms with Crippen LogP contribution in [0.15, 0.2) is 12.3 Å². The summed E-state index contributed by atoms with van der Waals surface area (Å²) in [6.07, 6.45) is 2.90. The minimum Gasteiger partial charge on any atom is -0.370 e. The molecule has 4 nitrogen and oxygen atoms in total. The third-order valence-corrected chi connectivity index (χ3v) is 2.41. The van der Waals surface area contributed by atoms with Gasteiger partial charge in [0.2, 0.25) is 0 Å². The smallest absolute Gasteiger partial charge is 0.116 e. The van der Waals surface area contributed by atoms with Crippen LogP contribution in [-0.4, -0.2) is 22.4 Å². The fourth-order valence-corrected chi connectivity index (χ4v) is 1.62. The van der Waals surface area contributed by atoms with E-state index in [0.29, 0.717) is 0 Å². The van der Waals surface area contributed by atoms with Crippen LogP contribution >= 0.6 is 0 Å². The van der Waals surface area contributed by atoms with E-state index in [1.54, 1.807) is 0 Å². The fourth-order valence-electron chi connectivity index (χ4n) is 1.62. The van der Waals surface area contributed by atoms with Crippen LogP contribution in [0.1, 0.15) is 25.1 Å². The molecule has 0 spiro atoms. The van der Waals surface area contributed by atoms with Gasteiger partial charge in [-0.3, -0.25) is 4.68 Å². The zero-order chi connectivity index (χ0) is 9.26. The van der Waals surface area contributed by atoms with Crippen molar-refractivity contribution >= 4 is 0 Å². The molecule has 4 heteroatoms. The molecule has 2 atom stereocenters. The Morgan fingerprint density at radius 2 is 2.62 bits per heavy atom. The lowest BCUT2D eigenvalue weighted by molar-refractivity contribution is 0.101. The maximum absolute atomic E-state index is 5.89. The number of hydrogen-bond acceptors (Lipinski definition) is 3. The molecule has 1 aliphatic rings. The minimum atomic E-state index is 0.00722. The highest BCUT2D eigenvalue weighted by atomic mass is 16.5. The average molecular weight is 181 g/mol. The predicted octanol–water partition coefficient (Wildman–Crippen LogP) is 0.692. The monoisotopic (exact) mass is 181 g/mol. The van der Waals surface area contributed by atoms with E-state index in [1.807, 2.05) is 16.9 Å². The van der Waals surface area contributed by atoms with Gasteiger partial charge in [-0.2, -0.15) is 5.10 Å². The lowest BCUT2D eigenvalue weighted by Crippen LogP contribution is -2.23. The molecule has 0 bridgehead atoms. The lowest BCUT2D eigenvalue weighted by atomic mass is 10.1. The van der Waals surface area contributed by atoms with Crippen LogP contribution in [0.25, 0.3) is 0 Å². The van der Waals surface area contributed by atoms with E-state index < -0.39 is 0 Å². The van der Waals surface area contributed by atoms with E-state index in [4.69, 9.17) is 10.5 Å². The molecule has 2 heterocycles. The molecule has 72 valence electrons. The van der Waals surface area contributed by atoms with Crippen molar-refractivity contribution in [3.8, 4) is 0 Å². The number of rotatable bonds is 2. The Labute approximate surface area is 77.7 Å². The van der Waals surface area contributed by atoms with Gasteiger partial charge in [0.1, 0.15) is 6.10 Å². The Hall–Kier alpha value is -0.870. The molecule has 0 radical (unpaired) electrons. The lowest BCUT2D eigenvalue weighted by Gasteiger charge is -2.10. The summed E-state index contributed by atoms with van der Waals surface area (Å²) in [6.45, 7) is 3.71. The summed E-state index contributed by atoms with van der Waals surface area (Å²) in [7, 11) is 0. The predicted molar refractivity (Wildman–Crippen MR) is 49.2 cm³/mol. The van der Waals surface area contributed by atoms with Gasteiger partial charge in [0, 0.05) is 25.4 Å². The van der Waals surface area contributed by atoms with Crippen LogP contribution in [0.3, 0.4) is 0 Å². The number of nitrogens with zero attached hydrogens (tertiary/aromatic N) is 2. The summed E-state index contributed by atoms with van der Waals surface area (Å²) >= 11 is 0. The molecule has 0 amide bonds. The van der Waals surface area contributed by atoms with Crippen molar-refractivity contribution in [2.75, 3.05) is 6.61 Å². The topological polar surface area (TPSA) is 53.1 Å². The first kappa shape index (κ1) is 8.72. The Balaban J connectivity index is 2.15. The van der Waals surface area contributed by atoms with Crippen molar-refractivity contribution in [1.82, 2.24) is 9.78 Å². The van der Waals surface area contributed by atoms with Gasteiger partial charge in [-0.15, -0.1) is 0 Å². The molecular weight excluding hydrogens is 166 g/mol. The second-order valence-electron chi connectivity index (χ2n) is 3.34. The molecule has 1 fully saturated rings. The third-order valence-electron chi connectivity index (χ3n) is 2.41. The summed E-state index contributed by atoms with van der Waals surface area (Å²) in [5.41, 5.74) is 6.85. The molecule has 1 aromatic heterocycles. The van der Waals surface area contributed by atoms with Crippen LogP contribution in [0.2, 0.25) is 0 Å². The first-order valence-corrected chi connectivity index (χ1v) is 4.72. The van der Waals surface area contributed by atoms with E-state index in [1.165, 1.54) is 0 Å². The highest BCUT2D eigenvalue weighted by molar-refractivity contribution is 5.07. The molecule has 1 aliphatic heterocycles. The van der Waals surface area contributed by atoms with Gasteiger partial charge >= 0.3 is 0 Å². The maximum Gasteiger partial charge on any atom is 0.116 e. The van der Waals surface area contributed by atoms with Gasteiger partial charge in [0.25, 0.3) is 0 Å². The summed E-state index contributed by atoms with van der Waals surface area (Å²) < 4.78 is 7.40. The Bertz CT molecular complexity index is 284. The molecule has 1 saturated heterocycles. The Morgan fingerprint density at radius 1 is 1.77 bits per heavy atom. The SMILES string of the molecule is CCn1ccc(C2OCCC2N)n1. The second kappa shape index (κ2) is 3.47. The summed E-state index contributed by atoms with van der Waals surface area (Å²) in [4.78, 5) is 0. The zero-order valence-corrected chi connectivity index (χ0v) is 7.81. The molecule has 0 aromatic carbocycles. The molecule has 2 rings (SSSR count). The largest absolute Gasteiger partial charge is 0.370 e. The molecule has 2 unspecified atom stereocenters. The molecule has 2 N–H and O–H groups in total. The van der Waals surface area contributed by atoms with Gasteiger partial charge in [0.05, 0.1) is 5.69 Å². The van der Waals surface area contributed by atoms with Crippen LogP contribution in [-0.2, 0) is 11.3 Å². The number of ether oxygens (including phenoxy) is 1. The normalized spacial score (nSPS) is 28.2. The standard InChI is InChI=1S/C9H15N3O/c1-2-12-5-3-8(11-12)9-7(10)4-6-13-9/h3,5,7,9H,2,4,6,10H2,1H3. The van der Waals surface area contributed by atoms with Crippen molar-refractivity contribution in [1.29, 1.82) is 0 Å². The molecule has 1 aromatic rings. The van der Waals surface area contributed by atoms with E-state index >= 15 is 0 Å². The summed E-state index contributed by atoms with van der Waals surface area (Å²) in [6, 6.07) is 2.10. The van der Waals surface area contributed by atoms with Gasteiger partial charge in [-0.1, -0.05) is 0 Å². The molecule has 13 heavy (non-hydrogen) atoms. The maximum atomic E-state index is 5.89. The van der Waals surface area contributed by atoms with Crippen molar-refractivity contribution in [2.45, 2.75) is 32.0 Å². The highest BCUT2D eigenvalue weighted by Crippen LogP contribution is 2.25. The van der Waals surface area contributed by atoms with Crippen molar-refractivity contribution < 1.29 is 4.74 Å². The van der Waals surface area contributed by atoms with Crippen LogP contribution in [0, 0.1) is 0 Å². The average Bonchev–Trinajstić information content (AvgIpc) is 2.71. The number of aryl methyl sites for hydroxylation is 1. The summed E-state index contributed by atoms with van der Waals surface area (Å²) in [5.74, 6) is 0. The van der Waals surface area contributed by atoms with E-state index in [9.17, 15) is 0 Å². The van der Waals surface area contributed by atoms with E-state index in [0.717, 1.165) is 25.3 Å². The molecule has 0 aliphatic carbocycles. The van der Waals surface area contributed by atoms with Crippen LogP contribution < -0.4 is 5.73 Å². The minimum absolute atomic E-state index is 0.00722. The first-order valence-electron chi connectivity index (χ1n) is 4.72. The Kier molecular flexibility index (Phi) is 2.33. The fraction of sp³-hybridized carbons (Fsp3) is 0.667. The highest BCUT2D eigenvalue weighted by Gasteiger charge is 2.28. The quantitative estimate of drug-likeness (QED) is 0.730. The molecule has 0 saturated carbocycles. The number of aromatic nitrogens is 2. The summed E-state index contributed by atoms with van der Waals surface area (Å²) in [5, 5.41) is 4.37. The number of hydrogen-bond donors (Lipinski definition) is 1. The van der Waals surface area contributed by atoms with Crippen molar-refractivity contribution in [2.24, 2.45) is 5.73 Å². The van der Waals surface area contributed by atoms with Gasteiger partial charge in [0.15, 0.2) is 0 Å². The second-order valence-corrected chi connectivity index (χ2v) is 3.34. The van der Waals surface area contributed by atoms with Gasteiger partial charge in [-0.25, -0.2) is 0 Å². The zero-order valence-electron chi connectivity index (χ0n) is 7.81. The van der Waals surface area contributed by atoms with Crippen molar-refractivity contribution in [3.63, 3.8) is 0 Å². The van der Waals surface area contributed by atoms with Crippen LogP contribution in [0.5, 0.6) is 0 Å².